The number of amides is 2. The van der Waals surface area contributed by atoms with Crippen LogP contribution in [-0.2, 0) is 20.4 Å². The first-order valence-corrected chi connectivity index (χ1v) is 14.5. The molecule has 2 atom stereocenters. The molecular weight excluding hydrogens is 608 g/mol. The number of ether oxygens (including phenoxy) is 6. The summed E-state index contributed by atoms with van der Waals surface area (Å²) in [6.07, 6.45) is 0. The molecular formula is C35H32N2O8S. The quantitative estimate of drug-likeness (QED) is 0.279. The standard InChI is InChI=1S/2C17H13NO4.CH4.H2S/c2*19-16-17(10-3-1-2-4-12(10)18-16)9-22-13-8-15-14(7-11(13)17)20-5-6-21-15;;/h2*1-4,7-8H,5-6,9H2,(H,18,19);1H4;1H2/t2*17-;;/m10../s1. The van der Waals surface area contributed by atoms with E-state index in [0.717, 1.165) is 33.6 Å². The lowest BCUT2D eigenvalue weighted by Crippen LogP contribution is -2.37. The molecule has 0 fully saturated rings. The molecule has 10 rings (SSSR count). The highest BCUT2D eigenvalue weighted by Crippen LogP contribution is 2.54. The first kappa shape index (κ1) is 29.7. The van der Waals surface area contributed by atoms with Crippen LogP contribution in [0.5, 0.6) is 34.5 Å². The van der Waals surface area contributed by atoms with E-state index in [1.807, 2.05) is 72.8 Å². The monoisotopic (exact) mass is 640 g/mol. The van der Waals surface area contributed by atoms with Crippen molar-refractivity contribution in [2.24, 2.45) is 0 Å². The van der Waals surface area contributed by atoms with E-state index >= 15 is 0 Å². The molecule has 0 saturated heterocycles. The Hall–Kier alpha value is -5.03. The normalized spacial score (nSPS) is 22.7. The van der Waals surface area contributed by atoms with Crippen molar-refractivity contribution in [3.05, 3.63) is 95.1 Å². The highest BCUT2D eigenvalue weighted by molar-refractivity contribution is 7.59. The minimum absolute atomic E-state index is 0. The van der Waals surface area contributed by atoms with E-state index in [0.29, 0.717) is 74.1 Å². The van der Waals surface area contributed by atoms with Gasteiger partial charge in [-0.1, -0.05) is 43.8 Å². The van der Waals surface area contributed by atoms with Crippen LogP contribution in [0.4, 0.5) is 11.4 Å². The Balaban J connectivity index is 0.000000141. The summed E-state index contributed by atoms with van der Waals surface area (Å²) in [5, 5.41) is 5.92. The summed E-state index contributed by atoms with van der Waals surface area (Å²) in [5.41, 5.74) is 3.71. The van der Waals surface area contributed by atoms with Crippen molar-refractivity contribution in [1.82, 2.24) is 0 Å². The fourth-order valence-electron chi connectivity index (χ4n) is 7.03. The molecule has 0 aliphatic carbocycles. The van der Waals surface area contributed by atoms with Crippen molar-refractivity contribution < 1.29 is 38.0 Å². The van der Waals surface area contributed by atoms with Gasteiger partial charge in [0.1, 0.15) is 62.0 Å². The van der Waals surface area contributed by atoms with Crippen LogP contribution in [0.15, 0.2) is 72.8 Å². The molecule has 2 amide bonds. The van der Waals surface area contributed by atoms with Gasteiger partial charge in [0, 0.05) is 34.6 Å². The first-order chi connectivity index (χ1) is 21.6. The Morgan fingerprint density at radius 3 is 1.26 bits per heavy atom. The third-order valence-corrected chi connectivity index (χ3v) is 9.14. The Morgan fingerprint density at radius 1 is 0.478 bits per heavy atom. The first-order valence-electron chi connectivity index (χ1n) is 14.5. The summed E-state index contributed by atoms with van der Waals surface area (Å²) in [7, 11) is 0. The van der Waals surface area contributed by atoms with Gasteiger partial charge in [0.2, 0.25) is 11.8 Å². The van der Waals surface area contributed by atoms with Gasteiger partial charge in [-0.15, -0.1) is 0 Å². The molecule has 0 saturated carbocycles. The summed E-state index contributed by atoms with van der Waals surface area (Å²) < 4.78 is 34.2. The SMILES string of the molecule is C.O=C1Nc2ccccc2[C@@]12COc1cc3c(cc12)OCCO3.O=C1Nc2ccccc2[C@]12COc1cc3c(cc12)OCCO3.S. The molecule has 0 bridgehead atoms. The minimum Gasteiger partial charge on any atom is -0.491 e. The summed E-state index contributed by atoms with van der Waals surface area (Å²) in [6, 6.07) is 22.9. The molecule has 46 heavy (non-hydrogen) atoms. The third-order valence-electron chi connectivity index (χ3n) is 9.14. The summed E-state index contributed by atoms with van der Waals surface area (Å²) in [4.78, 5) is 25.4. The van der Waals surface area contributed by atoms with E-state index in [1.54, 1.807) is 0 Å². The second-order valence-corrected chi connectivity index (χ2v) is 11.4. The van der Waals surface area contributed by atoms with E-state index in [4.69, 9.17) is 28.4 Å². The maximum Gasteiger partial charge on any atom is 0.243 e. The zero-order valence-electron chi connectivity index (χ0n) is 23.9. The predicted octanol–water partition coefficient (Wildman–Crippen LogP) is 4.93. The van der Waals surface area contributed by atoms with Crippen LogP contribution < -0.4 is 39.1 Å². The van der Waals surface area contributed by atoms with Crippen molar-refractivity contribution in [1.29, 1.82) is 0 Å². The molecule has 2 N–H and O–H groups in total. The van der Waals surface area contributed by atoms with Gasteiger partial charge in [0.05, 0.1) is 0 Å². The number of carbonyl (C=O) groups excluding carboxylic acids is 2. The average molecular weight is 641 g/mol. The number of nitrogens with one attached hydrogen (secondary N) is 2. The summed E-state index contributed by atoms with van der Waals surface area (Å²) in [5.74, 6) is 3.97. The van der Waals surface area contributed by atoms with Gasteiger partial charge in [0.25, 0.3) is 0 Å². The number of benzene rings is 4. The third kappa shape index (κ3) is 3.97. The topological polar surface area (TPSA) is 114 Å². The van der Waals surface area contributed by atoms with Gasteiger partial charge in [0.15, 0.2) is 23.0 Å². The lowest BCUT2D eigenvalue weighted by molar-refractivity contribution is -0.120. The van der Waals surface area contributed by atoms with Crippen LogP contribution in [0.25, 0.3) is 0 Å². The van der Waals surface area contributed by atoms with Gasteiger partial charge in [-0.3, -0.25) is 9.59 Å². The largest absolute Gasteiger partial charge is 0.491 e. The van der Waals surface area contributed by atoms with Crippen LogP contribution in [0, 0.1) is 0 Å². The summed E-state index contributed by atoms with van der Waals surface area (Å²) in [6.45, 7) is 2.69. The molecule has 236 valence electrons. The second-order valence-electron chi connectivity index (χ2n) is 11.4. The smallest absolute Gasteiger partial charge is 0.243 e. The predicted molar refractivity (Wildman–Crippen MR) is 175 cm³/mol. The molecule has 6 heterocycles. The number of carbonyl (C=O) groups is 2. The minimum atomic E-state index is -0.790. The average Bonchev–Trinajstić information content (AvgIpc) is 3.78. The lowest BCUT2D eigenvalue weighted by Gasteiger charge is -2.23. The highest BCUT2D eigenvalue weighted by Gasteiger charge is 2.55. The second kappa shape index (κ2) is 10.8. The van der Waals surface area contributed by atoms with Crippen molar-refractivity contribution in [2.75, 3.05) is 50.3 Å². The number of para-hydroxylation sites is 2. The fourth-order valence-corrected chi connectivity index (χ4v) is 7.03. The van der Waals surface area contributed by atoms with Crippen molar-refractivity contribution in [2.45, 2.75) is 18.3 Å². The van der Waals surface area contributed by atoms with Gasteiger partial charge < -0.3 is 39.1 Å². The molecule has 0 aromatic heterocycles. The van der Waals surface area contributed by atoms with Crippen LogP contribution in [-0.4, -0.2) is 51.5 Å². The highest BCUT2D eigenvalue weighted by atomic mass is 32.1. The van der Waals surface area contributed by atoms with E-state index in [9.17, 15) is 9.59 Å². The number of fused-ring (bicyclic) bond motifs is 10. The zero-order valence-corrected chi connectivity index (χ0v) is 24.9. The molecule has 6 aliphatic rings. The number of rotatable bonds is 0. The number of anilines is 2. The fraction of sp³-hybridized carbons (Fsp3) is 0.257. The molecule has 2 spiro atoms. The molecule has 0 unspecified atom stereocenters. The molecule has 10 nitrogen and oxygen atoms in total. The zero-order chi connectivity index (χ0) is 29.5. The van der Waals surface area contributed by atoms with Gasteiger partial charge in [-0.05, 0) is 35.4 Å². The van der Waals surface area contributed by atoms with Crippen LogP contribution >= 0.6 is 13.5 Å². The molecule has 4 aromatic carbocycles. The van der Waals surface area contributed by atoms with Crippen LogP contribution in [0.3, 0.4) is 0 Å². The van der Waals surface area contributed by atoms with Crippen LogP contribution in [0.1, 0.15) is 29.7 Å². The molecule has 4 aromatic rings. The van der Waals surface area contributed by atoms with E-state index in [1.165, 1.54) is 0 Å². The van der Waals surface area contributed by atoms with Crippen molar-refractivity contribution >= 4 is 36.7 Å². The van der Waals surface area contributed by atoms with Gasteiger partial charge in [-0.2, -0.15) is 13.5 Å². The Bertz CT molecular complexity index is 1780. The maximum atomic E-state index is 12.7. The number of hydrogen-bond donors (Lipinski definition) is 2. The van der Waals surface area contributed by atoms with Gasteiger partial charge >= 0.3 is 0 Å². The molecule has 0 radical (unpaired) electrons. The maximum absolute atomic E-state index is 12.7. The molecule has 6 aliphatic heterocycles. The lowest BCUT2D eigenvalue weighted by atomic mass is 9.77. The Labute approximate surface area is 272 Å². The summed E-state index contributed by atoms with van der Waals surface area (Å²) >= 11 is 0. The Kier molecular flexibility index (Phi) is 6.97. The number of hydrogen-bond acceptors (Lipinski definition) is 8. The van der Waals surface area contributed by atoms with E-state index in [2.05, 4.69) is 10.6 Å². The van der Waals surface area contributed by atoms with Crippen LogP contribution in [0.2, 0.25) is 0 Å². The van der Waals surface area contributed by atoms with E-state index < -0.39 is 10.8 Å². The van der Waals surface area contributed by atoms with Crippen molar-refractivity contribution in [3.63, 3.8) is 0 Å². The van der Waals surface area contributed by atoms with Crippen molar-refractivity contribution in [3.8, 4) is 34.5 Å². The molecule has 11 heteroatoms. The Morgan fingerprint density at radius 2 is 0.848 bits per heavy atom. The van der Waals surface area contributed by atoms with Gasteiger partial charge in [-0.25, -0.2) is 0 Å². The van der Waals surface area contributed by atoms with E-state index in [-0.39, 0.29) is 32.7 Å².